The van der Waals surface area contributed by atoms with Crippen LogP contribution in [0.5, 0.6) is 0 Å². The predicted octanol–water partition coefficient (Wildman–Crippen LogP) is 4.03. The summed E-state index contributed by atoms with van der Waals surface area (Å²) in [5.74, 6) is -1.25. The van der Waals surface area contributed by atoms with Gasteiger partial charge in [-0.15, -0.1) is 0 Å². The molecule has 158 valence electrons. The summed E-state index contributed by atoms with van der Waals surface area (Å²) in [4.78, 5) is 22.8. The monoisotopic (exact) mass is 392 g/mol. The number of aliphatic carboxylic acids is 1. The van der Waals surface area contributed by atoms with Crippen molar-refractivity contribution in [3.05, 3.63) is 24.3 Å². The third-order valence-electron chi connectivity index (χ3n) is 6.57. The summed E-state index contributed by atoms with van der Waals surface area (Å²) in [5, 5.41) is 29.7. The molecular weight excluding hydrogens is 356 g/mol. The summed E-state index contributed by atoms with van der Waals surface area (Å²) in [7, 11) is 0. The second-order valence-electron chi connectivity index (χ2n) is 8.56. The molecule has 5 heteroatoms. The number of hydrogen-bond acceptors (Lipinski definition) is 4. The fourth-order valence-corrected chi connectivity index (χ4v) is 4.55. The van der Waals surface area contributed by atoms with Crippen LogP contribution in [0.2, 0.25) is 0 Å². The van der Waals surface area contributed by atoms with Crippen LogP contribution in [-0.2, 0) is 9.59 Å². The highest BCUT2D eigenvalue weighted by molar-refractivity contribution is 5.84. The van der Waals surface area contributed by atoms with Gasteiger partial charge >= 0.3 is 5.97 Å². The van der Waals surface area contributed by atoms with Gasteiger partial charge < -0.3 is 15.3 Å². The number of allylic oxidation sites excluding steroid dienone is 2. The molecule has 0 aromatic heterocycles. The molecule has 3 N–H and O–H groups in total. The van der Waals surface area contributed by atoms with Crippen LogP contribution in [-0.4, -0.2) is 39.3 Å². The summed E-state index contributed by atoms with van der Waals surface area (Å²) in [6, 6.07) is 0. The molecule has 2 aliphatic rings. The molecule has 2 fully saturated rings. The Hall–Kier alpha value is -1.46. The van der Waals surface area contributed by atoms with Gasteiger partial charge in [0.2, 0.25) is 0 Å². The number of hydrogen-bond donors (Lipinski definition) is 3. The lowest BCUT2D eigenvalue weighted by Gasteiger charge is -2.45. The molecule has 2 saturated carbocycles. The van der Waals surface area contributed by atoms with Crippen LogP contribution in [0.25, 0.3) is 0 Å². The summed E-state index contributed by atoms with van der Waals surface area (Å²) in [6.45, 7) is 2.16. The number of ketones is 1. The normalized spacial score (nSPS) is 28.1. The van der Waals surface area contributed by atoms with Crippen molar-refractivity contribution < 1.29 is 24.9 Å². The molecule has 0 aliphatic heterocycles. The lowest BCUT2D eigenvalue weighted by atomic mass is 9.62. The van der Waals surface area contributed by atoms with Crippen molar-refractivity contribution in [2.24, 2.45) is 17.3 Å². The van der Waals surface area contributed by atoms with Crippen LogP contribution in [0.1, 0.15) is 77.6 Å². The van der Waals surface area contributed by atoms with E-state index in [1.807, 2.05) is 24.3 Å². The maximum atomic E-state index is 12.3. The smallest absolute Gasteiger partial charge is 0.303 e. The van der Waals surface area contributed by atoms with Crippen molar-refractivity contribution in [2.75, 3.05) is 0 Å². The zero-order valence-electron chi connectivity index (χ0n) is 17.1. The molecule has 0 bridgehead atoms. The van der Waals surface area contributed by atoms with Gasteiger partial charge in [-0.2, -0.15) is 0 Å². The SMILES string of the molecule is CCCCC1([C@@H](O)/C=C/C2[C@H](O)CC(=O)[C@@H]2C/C=C\CCCC(=O)O)CCC1. The maximum absolute atomic E-state index is 12.3. The Labute approximate surface area is 168 Å². The molecule has 1 unspecified atom stereocenters. The topological polar surface area (TPSA) is 94.8 Å². The van der Waals surface area contributed by atoms with Gasteiger partial charge in [0.05, 0.1) is 12.2 Å². The van der Waals surface area contributed by atoms with Crippen molar-refractivity contribution in [3.63, 3.8) is 0 Å². The van der Waals surface area contributed by atoms with Gasteiger partial charge in [0.1, 0.15) is 5.78 Å². The third kappa shape index (κ3) is 6.02. The van der Waals surface area contributed by atoms with Crippen molar-refractivity contribution in [3.8, 4) is 0 Å². The standard InChI is InChI=1S/C23H36O5/c1-2-3-13-23(14-8-15-23)21(26)12-11-18-17(19(24)16-20(18)25)9-6-4-5-7-10-22(27)28/h4,6,11-12,17-18,20-21,25-26H,2-3,5,7-10,13-16H2,1H3,(H,27,28)/b6-4-,12-11+/t17-,18?,20-,21+/m1/s1. The Morgan fingerprint density at radius 2 is 2.04 bits per heavy atom. The van der Waals surface area contributed by atoms with Crippen LogP contribution in [0.4, 0.5) is 0 Å². The van der Waals surface area contributed by atoms with Gasteiger partial charge in [0.25, 0.3) is 0 Å². The average molecular weight is 393 g/mol. The van der Waals surface area contributed by atoms with Crippen LogP contribution < -0.4 is 0 Å². The number of carbonyl (C=O) groups excluding carboxylic acids is 1. The van der Waals surface area contributed by atoms with Crippen LogP contribution in [0.3, 0.4) is 0 Å². The van der Waals surface area contributed by atoms with E-state index in [0.717, 1.165) is 38.5 Å². The van der Waals surface area contributed by atoms with E-state index >= 15 is 0 Å². The highest BCUT2D eigenvalue weighted by atomic mass is 16.4. The number of Topliss-reactive ketones (excluding diaryl/α,β-unsaturated/α-hetero) is 1. The first kappa shape index (κ1) is 22.8. The first-order chi connectivity index (χ1) is 13.4. The molecule has 2 rings (SSSR count). The van der Waals surface area contributed by atoms with Gasteiger partial charge in [0.15, 0.2) is 0 Å². The van der Waals surface area contributed by atoms with Gasteiger partial charge in [-0.05, 0) is 43.9 Å². The zero-order valence-corrected chi connectivity index (χ0v) is 17.1. The Balaban J connectivity index is 1.91. The van der Waals surface area contributed by atoms with E-state index in [4.69, 9.17) is 5.11 Å². The first-order valence-electron chi connectivity index (χ1n) is 10.8. The van der Waals surface area contributed by atoms with Gasteiger partial charge in [0, 0.05) is 24.7 Å². The van der Waals surface area contributed by atoms with Gasteiger partial charge in [-0.1, -0.05) is 50.5 Å². The number of carboxylic acids is 1. The largest absolute Gasteiger partial charge is 0.481 e. The zero-order chi connectivity index (χ0) is 20.6. The fourth-order valence-electron chi connectivity index (χ4n) is 4.55. The van der Waals surface area contributed by atoms with E-state index in [2.05, 4.69) is 6.92 Å². The predicted molar refractivity (Wildman–Crippen MR) is 109 cm³/mol. The molecular formula is C23H36O5. The highest BCUT2D eigenvalue weighted by Crippen LogP contribution is 2.48. The number of carbonyl (C=O) groups is 2. The van der Waals surface area contributed by atoms with E-state index in [9.17, 15) is 19.8 Å². The van der Waals surface area contributed by atoms with E-state index in [1.54, 1.807) is 0 Å². The Kier molecular flexibility index (Phi) is 8.90. The highest BCUT2D eigenvalue weighted by Gasteiger charge is 2.43. The number of carboxylic acid groups (broad SMARTS) is 1. The summed E-state index contributed by atoms with van der Waals surface area (Å²) in [6.07, 6.45) is 15.0. The Morgan fingerprint density at radius 1 is 1.29 bits per heavy atom. The Bertz CT molecular complexity index is 576. The average Bonchev–Trinajstić information content (AvgIpc) is 2.88. The number of unbranched alkanes of at least 4 members (excludes halogenated alkanes) is 2. The lowest BCUT2D eigenvalue weighted by Crippen LogP contribution is -2.40. The summed E-state index contributed by atoms with van der Waals surface area (Å²) < 4.78 is 0. The summed E-state index contributed by atoms with van der Waals surface area (Å²) >= 11 is 0. The molecule has 0 spiro atoms. The second-order valence-corrected chi connectivity index (χ2v) is 8.56. The number of aliphatic hydroxyl groups excluding tert-OH is 2. The summed E-state index contributed by atoms with van der Waals surface area (Å²) in [5.41, 5.74) is -0.0143. The molecule has 0 saturated heterocycles. The molecule has 0 amide bonds. The van der Waals surface area contributed by atoms with E-state index < -0.39 is 18.2 Å². The van der Waals surface area contributed by atoms with Crippen LogP contribution in [0, 0.1) is 17.3 Å². The number of rotatable bonds is 12. The number of aliphatic hydroxyl groups is 2. The molecule has 2 aliphatic carbocycles. The molecule has 0 heterocycles. The second kappa shape index (κ2) is 10.9. The van der Waals surface area contributed by atoms with Crippen LogP contribution in [0.15, 0.2) is 24.3 Å². The molecule has 0 aromatic carbocycles. The molecule has 0 radical (unpaired) electrons. The van der Waals surface area contributed by atoms with Crippen molar-refractivity contribution in [2.45, 2.75) is 89.8 Å². The first-order valence-corrected chi connectivity index (χ1v) is 10.8. The van der Waals surface area contributed by atoms with Crippen molar-refractivity contribution in [1.82, 2.24) is 0 Å². The van der Waals surface area contributed by atoms with Crippen molar-refractivity contribution in [1.29, 1.82) is 0 Å². The Morgan fingerprint density at radius 3 is 2.64 bits per heavy atom. The van der Waals surface area contributed by atoms with Gasteiger partial charge in [-0.3, -0.25) is 9.59 Å². The maximum Gasteiger partial charge on any atom is 0.303 e. The van der Waals surface area contributed by atoms with Crippen molar-refractivity contribution >= 4 is 11.8 Å². The van der Waals surface area contributed by atoms with E-state index in [-0.39, 0.29) is 35.9 Å². The van der Waals surface area contributed by atoms with E-state index in [0.29, 0.717) is 19.3 Å². The lowest BCUT2D eigenvalue weighted by molar-refractivity contribution is -0.137. The third-order valence-corrected chi connectivity index (χ3v) is 6.57. The van der Waals surface area contributed by atoms with Crippen LogP contribution >= 0.6 is 0 Å². The fraction of sp³-hybridized carbons (Fsp3) is 0.739. The molecule has 4 atom stereocenters. The molecule has 5 nitrogen and oxygen atoms in total. The van der Waals surface area contributed by atoms with E-state index in [1.165, 1.54) is 0 Å². The van der Waals surface area contributed by atoms with Gasteiger partial charge in [-0.25, -0.2) is 0 Å². The minimum absolute atomic E-state index is 0.0143. The minimum atomic E-state index is -0.797. The molecule has 0 aromatic rings. The minimum Gasteiger partial charge on any atom is -0.481 e. The molecule has 28 heavy (non-hydrogen) atoms. The quantitative estimate of drug-likeness (QED) is 0.344.